The van der Waals surface area contributed by atoms with E-state index in [9.17, 15) is 19.5 Å². The second kappa shape index (κ2) is 8.48. The fourth-order valence-corrected chi connectivity index (χ4v) is 6.20. The molecule has 3 fully saturated rings. The molecule has 1 aromatic rings. The lowest BCUT2D eigenvalue weighted by atomic mass is 9.65. The summed E-state index contributed by atoms with van der Waals surface area (Å²) in [5.74, 6) is -2.18. The number of nitrogens with zero attached hydrogens (tertiary/aromatic N) is 1. The van der Waals surface area contributed by atoms with E-state index in [-0.39, 0.29) is 24.3 Å². The van der Waals surface area contributed by atoms with Gasteiger partial charge in [-0.15, -0.1) is 0 Å². The zero-order valence-corrected chi connectivity index (χ0v) is 19.0. The fraction of sp³-hybridized carbons (Fsp3) is 0.625. The maximum atomic E-state index is 13.8. The number of fused-ring (bicyclic) bond motifs is 1. The molecule has 1 aromatic carbocycles. The minimum absolute atomic E-state index is 0.228. The van der Waals surface area contributed by atoms with Crippen molar-refractivity contribution in [3.8, 4) is 0 Å². The predicted octanol–water partition coefficient (Wildman–Crippen LogP) is 0.975. The number of nitrogens with one attached hydrogen (secondary N) is 2. The van der Waals surface area contributed by atoms with Gasteiger partial charge in [0.15, 0.2) is 0 Å². The molecule has 3 saturated heterocycles. The number of aliphatic hydroxyl groups excluding tert-OH is 1. The van der Waals surface area contributed by atoms with Crippen LogP contribution in [0.25, 0.3) is 0 Å². The van der Waals surface area contributed by atoms with E-state index in [1.54, 1.807) is 7.05 Å². The first-order valence-electron chi connectivity index (χ1n) is 11.6. The summed E-state index contributed by atoms with van der Waals surface area (Å²) in [5, 5.41) is 15.7. The lowest BCUT2D eigenvalue weighted by Gasteiger charge is -2.37. The van der Waals surface area contributed by atoms with Crippen molar-refractivity contribution >= 4 is 17.7 Å². The van der Waals surface area contributed by atoms with Crippen LogP contribution in [-0.4, -0.2) is 64.7 Å². The number of hydrogen-bond donors (Lipinski definition) is 3. The molecule has 1 spiro atoms. The highest BCUT2D eigenvalue weighted by Gasteiger charge is 2.78. The number of aliphatic hydroxyl groups is 1. The number of rotatable bonds is 8. The van der Waals surface area contributed by atoms with Crippen molar-refractivity contribution in [2.45, 2.75) is 69.4 Å². The fourth-order valence-electron chi connectivity index (χ4n) is 6.20. The molecule has 3 aliphatic rings. The van der Waals surface area contributed by atoms with Crippen molar-refractivity contribution in [2.75, 3.05) is 13.7 Å². The summed E-state index contributed by atoms with van der Waals surface area (Å²) < 4.78 is 6.62. The smallest absolute Gasteiger partial charge is 0.246 e. The Morgan fingerprint density at radius 2 is 1.94 bits per heavy atom. The lowest BCUT2D eigenvalue weighted by molar-refractivity contribution is -0.151. The first-order chi connectivity index (χ1) is 15.4. The number of benzene rings is 1. The van der Waals surface area contributed by atoms with Crippen LogP contribution in [0.1, 0.15) is 45.1 Å². The molecular formula is C24H33N3O5. The third-order valence-corrected chi connectivity index (χ3v) is 7.78. The van der Waals surface area contributed by atoms with Gasteiger partial charge in [0.05, 0.1) is 30.1 Å². The molecular weight excluding hydrogens is 410 g/mol. The third kappa shape index (κ3) is 3.15. The SMILES string of the molecule is CC[C@@H](CO)N1C(=O)[C@@H]2[C@@H](C(=O)NC)[C@@]3(CC)CCC2(O3)C1C(=O)NCc1ccccc1. The van der Waals surface area contributed by atoms with Gasteiger partial charge >= 0.3 is 0 Å². The van der Waals surface area contributed by atoms with Gasteiger partial charge in [-0.05, 0) is 31.2 Å². The van der Waals surface area contributed by atoms with E-state index < -0.39 is 35.1 Å². The van der Waals surface area contributed by atoms with Crippen molar-refractivity contribution in [3.63, 3.8) is 0 Å². The van der Waals surface area contributed by atoms with E-state index in [1.807, 2.05) is 44.2 Å². The van der Waals surface area contributed by atoms with Gasteiger partial charge in [-0.2, -0.15) is 0 Å². The lowest BCUT2D eigenvalue weighted by Crippen LogP contribution is -2.57. The van der Waals surface area contributed by atoms with E-state index in [2.05, 4.69) is 10.6 Å². The summed E-state index contributed by atoms with van der Waals surface area (Å²) in [7, 11) is 1.56. The van der Waals surface area contributed by atoms with E-state index in [0.29, 0.717) is 32.2 Å². The molecule has 174 valence electrons. The van der Waals surface area contributed by atoms with Crippen LogP contribution in [-0.2, 0) is 25.7 Å². The Morgan fingerprint density at radius 3 is 2.53 bits per heavy atom. The van der Waals surface area contributed by atoms with Crippen LogP contribution in [0.15, 0.2) is 30.3 Å². The number of amides is 3. The van der Waals surface area contributed by atoms with Gasteiger partial charge in [-0.25, -0.2) is 0 Å². The molecule has 8 nitrogen and oxygen atoms in total. The zero-order valence-electron chi connectivity index (χ0n) is 19.0. The molecule has 2 unspecified atom stereocenters. The van der Waals surface area contributed by atoms with Gasteiger partial charge in [0.1, 0.15) is 11.6 Å². The van der Waals surface area contributed by atoms with Crippen LogP contribution in [0.5, 0.6) is 0 Å². The average Bonchev–Trinajstić information content (AvgIpc) is 3.43. The van der Waals surface area contributed by atoms with Crippen LogP contribution < -0.4 is 10.6 Å². The van der Waals surface area contributed by atoms with Gasteiger partial charge in [0.2, 0.25) is 17.7 Å². The zero-order chi connectivity index (χ0) is 23.1. The van der Waals surface area contributed by atoms with Crippen LogP contribution in [0.3, 0.4) is 0 Å². The Balaban J connectivity index is 1.73. The maximum Gasteiger partial charge on any atom is 0.246 e. The molecule has 8 heteroatoms. The van der Waals surface area contributed by atoms with Crippen molar-refractivity contribution in [2.24, 2.45) is 11.8 Å². The number of hydrogen-bond acceptors (Lipinski definition) is 5. The second-order valence-electron chi connectivity index (χ2n) is 9.14. The van der Waals surface area contributed by atoms with E-state index in [4.69, 9.17) is 4.74 Å². The van der Waals surface area contributed by atoms with Crippen LogP contribution >= 0.6 is 0 Å². The Labute approximate surface area is 188 Å². The topological polar surface area (TPSA) is 108 Å². The minimum atomic E-state index is -1.06. The summed E-state index contributed by atoms with van der Waals surface area (Å²) in [5.41, 5.74) is -0.858. The van der Waals surface area contributed by atoms with Crippen LogP contribution in [0, 0.1) is 11.8 Å². The number of carbonyl (C=O) groups is 3. The highest BCUT2D eigenvalue weighted by molar-refractivity contribution is 5.99. The molecule has 3 aliphatic heterocycles. The highest BCUT2D eigenvalue weighted by atomic mass is 16.5. The predicted molar refractivity (Wildman–Crippen MR) is 117 cm³/mol. The molecule has 0 aliphatic carbocycles. The molecule has 2 bridgehead atoms. The van der Waals surface area contributed by atoms with Crippen molar-refractivity contribution in [1.29, 1.82) is 0 Å². The molecule has 6 atom stereocenters. The highest BCUT2D eigenvalue weighted by Crippen LogP contribution is 2.64. The maximum absolute atomic E-state index is 13.8. The monoisotopic (exact) mass is 443 g/mol. The summed E-state index contributed by atoms with van der Waals surface area (Å²) in [6.07, 6.45) is 2.24. The Kier molecular flexibility index (Phi) is 6.02. The second-order valence-corrected chi connectivity index (χ2v) is 9.14. The summed E-state index contributed by atoms with van der Waals surface area (Å²) in [6.45, 7) is 3.91. The molecule has 4 rings (SSSR count). The summed E-state index contributed by atoms with van der Waals surface area (Å²) in [6, 6.07) is 8.17. The molecule has 32 heavy (non-hydrogen) atoms. The molecule has 3 heterocycles. The molecule has 0 saturated carbocycles. The average molecular weight is 444 g/mol. The normalized spacial score (nSPS) is 33.8. The Morgan fingerprint density at radius 1 is 1.22 bits per heavy atom. The molecule has 3 amide bonds. The van der Waals surface area contributed by atoms with Crippen molar-refractivity contribution in [1.82, 2.24) is 15.5 Å². The quantitative estimate of drug-likeness (QED) is 0.555. The van der Waals surface area contributed by atoms with E-state index in [1.165, 1.54) is 4.90 Å². The van der Waals surface area contributed by atoms with Gasteiger partial charge in [0.25, 0.3) is 0 Å². The van der Waals surface area contributed by atoms with E-state index >= 15 is 0 Å². The van der Waals surface area contributed by atoms with Crippen molar-refractivity contribution in [3.05, 3.63) is 35.9 Å². The van der Waals surface area contributed by atoms with Gasteiger partial charge in [-0.3, -0.25) is 14.4 Å². The standard InChI is InChI=1S/C24H33N3O5/c1-4-16(14-28)27-19(21(30)26-13-15-9-7-6-8-10-15)24-12-11-23(5-2,32-24)17(20(29)25-3)18(24)22(27)31/h6-10,16-19,28H,4-5,11-14H2,1-3H3,(H,25,29)(H,26,30)/t16-,17-,18-,19?,23+,24?/m0/s1. The number of ether oxygens (including phenoxy) is 1. The first-order valence-corrected chi connectivity index (χ1v) is 11.6. The van der Waals surface area contributed by atoms with Gasteiger partial charge < -0.3 is 25.4 Å². The minimum Gasteiger partial charge on any atom is -0.394 e. The van der Waals surface area contributed by atoms with Crippen LogP contribution in [0.2, 0.25) is 0 Å². The first kappa shape index (κ1) is 22.7. The van der Waals surface area contributed by atoms with Gasteiger partial charge in [0, 0.05) is 13.6 Å². The summed E-state index contributed by atoms with van der Waals surface area (Å²) >= 11 is 0. The molecule has 0 aromatic heterocycles. The third-order valence-electron chi connectivity index (χ3n) is 7.78. The Bertz CT molecular complexity index is 889. The van der Waals surface area contributed by atoms with Crippen molar-refractivity contribution < 1.29 is 24.2 Å². The Hall–Kier alpha value is -2.45. The molecule has 0 radical (unpaired) electrons. The molecule has 3 N–H and O–H groups in total. The van der Waals surface area contributed by atoms with E-state index in [0.717, 1.165) is 5.56 Å². The van der Waals surface area contributed by atoms with Gasteiger partial charge in [-0.1, -0.05) is 44.2 Å². The number of carbonyl (C=O) groups excluding carboxylic acids is 3. The largest absolute Gasteiger partial charge is 0.394 e. The number of likely N-dealkylation sites (tertiary alicyclic amines) is 1. The van der Waals surface area contributed by atoms with Crippen LogP contribution in [0.4, 0.5) is 0 Å². The summed E-state index contributed by atoms with van der Waals surface area (Å²) in [4.78, 5) is 41.8.